The molecule has 2 heterocycles. The molecule has 0 aliphatic rings. The van der Waals surface area contributed by atoms with E-state index in [0.29, 0.717) is 29.2 Å². The number of esters is 1. The number of carbonyl (C=O) groups excluding carboxylic acids is 1. The topological polar surface area (TPSA) is 60.2 Å². The first kappa shape index (κ1) is 21.5. The number of aryl methyl sites for hydroxylation is 1. The Hall–Kier alpha value is -3.22. The van der Waals surface area contributed by atoms with Crippen molar-refractivity contribution in [1.29, 1.82) is 0 Å². The molecule has 7 heteroatoms. The number of anilines is 2. The highest BCUT2D eigenvalue weighted by Gasteiger charge is 2.27. The monoisotopic (exact) mass is 410 g/mol. The fraction of sp³-hybridized carbons (Fsp3) is 0.348. The number of nitrogens with zero attached hydrogens (tertiary/aromatic N) is 4. The van der Waals surface area contributed by atoms with Gasteiger partial charge in [-0.2, -0.15) is 5.10 Å². The minimum absolute atomic E-state index is 0.0258. The van der Waals surface area contributed by atoms with Gasteiger partial charge in [-0.1, -0.05) is 26.0 Å². The van der Waals surface area contributed by atoms with Crippen molar-refractivity contribution in [3.8, 4) is 11.1 Å². The van der Waals surface area contributed by atoms with Gasteiger partial charge in [0.2, 0.25) is 0 Å². The van der Waals surface area contributed by atoms with E-state index < -0.39 is 5.97 Å². The first-order valence-electron chi connectivity index (χ1n) is 9.94. The third-order valence-corrected chi connectivity index (χ3v) is 5.17. The van der Waals surface area contributed by atoms with Gasteiger partial charge in [0.15, 0.2) is 0 Å². The molecular formula is C23H27FN4O2. The molecule has 6 nitrogen and oxygen atoms in total. The van der Waals surface area contributed by atoms with Crippen molar-refractivity contribution in [1.82, 2.24) is 14.8 Å². The van der Waals surface area contributed by atoms with Gasteiger partial charge in [-0.15, -0.1) is 0 Å². The van der Waals surface area contributed by atoms with Gasteiger partial charge in [0.05, 0.1) is 24.6 Å². The minimum Gasteiger partial charge on any atom is -0.465 e. The van der Waals surface area contributed by atoms with E-state index in [2.05, 4.69) is 5.10 Å². The smallest absolute Gasteiger partial charge is 0.340 e. The van der Waals surface area contributed by atoms with Crippen LogP contribution in [0.15, 0.2) is 36.5 Å². The van der Waals surface area contributed by atoms with E-state index >= 15 is 0 Å². The number of halogens is 1. The molecular weight excluding hydrogens is 383 g/mol. The Labute approximate surface area is 176 Å². The summed E-state index contributed by atoms with van der Waals surface area (Å²) >= 11 is 0. The van der Waals surface area contributed by atoms with Crippen LogP contribution in [0.3, 0.4) is 0 Å². The van der Waals surface area contributed by atoms with Crippen LogP contribution in [0, 0.1) is 12.7 Å². The van der Waals surface area contributed by atoms with E-state index in [1.807, 2.05) is 50.4 Å². The van der Waals surface area contributed by atoms with Gasteiger partial charge < -0.3 is 9.64 Å². The lowest BCUT2D eigenvalue weighted by Crippen LogP contribution is -2.21. The van der Waals surface area contributed by atoms with Crippen LogP contribution in [-0.4, -0.2) is 34.9 Å². The molecule has 0 unspecified atom stereocenters. The average molecular weight is 410 g/mol. The van der Waals surface area contributed by atoms with Crippen LogP contribution in [0.5, 0.6) is 0 Å². The zero-order valence-electron chi connectivity index (χ0n) is 18.2. The summed E-state index contributed by atoms with van der Waals surface area (Å²) in [6.45, 7) is 8.63. The van der Waals surface area contributed by atoms with Crippen LogP contribution in [0.4, 0.5) is 16.0 Å². The van der Waals surface area contributed by atoms with Gasteiger partial charge in [0.1, 0.15) is 17.5 Å². The maximum atomic E-state index is 13.6. The number of methoxy groups -OCH3 is 1. The Kier molecular flexibility index (Phi) is 6.20. The van der Waals surface area contributed by atoms with E-state index in [-0.39, 0.29) is 11.7 Å². The summed E-state index contributed by atoms with van der Waals surface area (Å²) in [6, 6.07) is 8.05. The molecule has 30 heavy (non-hydrogen) atoms. The van der Waals surface area contributed by atoms with E-state index in [4.69, 9.17) is 9.72 Å². The summed E-state index contributed by atoms with van der Waals surface area (Å²) in [6.07, 6.45) is 1.75. The number of ether oxygens (including phenoxy) is 1. The predicted molar refractivity (Wildman–Crippen MR) is 116 cm³/mol. The maximum absolute atomic E-state index is 13.6. The lowest BCUT2D eigenvalue weighted by molar-refractivity contribution is 0.0599. The van der Waals surface area contributed by atoms with E-state index in [9.17, 15) is 9.18 Å². The minimum atomic E-state index is -0.457. The molecule has 3 rings (SSSR count). The SMILES string of the molecule is CCn1nccc1N(C)c1nc(C(C)C)c(C(=O)OC)c(-c2ccc(F)cc2)c1C. The number of aromatic nitrogens is 3. The van der Waals surface area contributed by atoms with Crippen molar-refractivity contribution in [2.75, 3.05) is 19.1 Å². The Balaban J connectivity index is 2.35. The molecule has 2 aromatic heterocycles. The fourth-order valence-corrected chi connectivity index (χ4v) is 3.67. The van der Waals surface area contributed by atoms with Gasteiger partial charge in [-0.25, -0.2) is 18.9 Å². The van der Waals surface area contributed by atoms with Crippen LogP contribution in [0.1, 0.15) is 48.3 Å². The third-order valence-electron chi connectivity index (χ3n) is 5.17. The second-order valence-electron chi connectivity index (χ2n) is 7.41. The average Bonchev–Trinajstić information content (AvgIpc) is 3.21. The van der Waals surface area contributed by atoms with Crippen LogP contribution >= 0.6 is 0 Å². The number of rotatable bonds is 6. The predicted octanol–water partition coefficient (Wildman–Crippen LogP) is 5.09. The standard InChI is InChI=1S/C23H27FN4O2/c1-7-28-18(12-13-25-28)27(5)22-15(4)19(16-8-10-17(24)11-9-16)20(23(29)30-6)21(26-22)14(2)3/h8-14H,7H2,1-6H3. The first-order chi connectivity index (χ1) is 14.3. The quantitative estimate of drug-likeness (QED) is 0.530. The Morgan fingerprint density at radius 3 is 2.47 bits per heavy atom. The first-order valence-corrected chi connectivity index (χ1v) is 9.94. The molecule has 0 amide bonds. The molecule has 0 N–H and O–H groups in total. The number of benzene rings is 1. The maximum Gasteiger partial charge on any atom is 0.340 e. The summed E-state index contributed by atoms with van der Waals surface area (Å²) < 4.78 is 20.6. The normalized spacial score (nSPS) is 11.1. The molecule has 3 aromatic rings. The molecule has 1 aromatic carbocycles. The van der Waals surface area contributed by atoms with Crippen molar-refractivity contribution >= 4 is 17.6 Å². The van der Waals surface area contributed by atoms with Crippen molar-refractivity contribution < 1.29 is 13.9 Å². The van der Waals surface area contributed by atoms with E-state index in [0.717, 1.165) is 16.9 Å². The molecule has 0 aliphatic carbocycles. The Morgan fingerprint density at radius 2 is 1.90 bits per heavy atom. The summed E-state index contributed by atoms with van der Waals surface area (Å²) in [5.74, 6) is 0.779. The molecule has 0 saturated heterocycles. The van der Waals surface area contributed by atoms with Gasteiger partial charge in [-0.05, 0) is 37.5 Å². The molecule has 0 radical (unpaired) electrons. The van der Waals surface area contributed by atoms with Crippen molar-refractivity contribution in [3.05, 3.63) is 59.2 Å². The Bertz CT molecular complexity index is 1060. The molecule has 0 aliphatic heterocycles. The van der Waals surface area contributed by atoms with Gasteiger partial charge in [0.25, 0.3) is 0 Å². The molecule has 0 fully saturated rings. The number of carbonyl (C=O) groups is 1. The third kappa shape index (κ3) is 3.79. The number of hydrogen-bond acceptors (Lipinski definition) is 5. The van der Waals surface area contributed by atoms with Crippen molar-refractivity contribution in [2.45, 2.75) is 40.2 Å². The molecule has 0 saturated carbocycles. The van der Waals surface area contributed by atoms with Crippen LogP contribution < -0.4 is 4.90 Å². The van der Waals surface area contributed by atoms with Crippen LogP contribution in [0.25, 0.3) is 11.1 Å². The van der Waals surface area contributed by atoms with Crippen molar-refractivity contribution in [3.63, 3.8) is 0 Å². The van der Waals surface area contributed by atoms with Gasteiger partial charge in [-0.3, -0.25) is 0 Å². The number of hydrogen-bond donors (Lipinski definition) is 0. The zero-order chi connectivity index (χ0) is 22.0. The summed E-state index contributed by atoms with van der Waals surface area (Å²) in [5.41, 5.74) is 3.29. The van der Waals surface area contributed by atoms with Gasteiger partial charge >= 0.3 is 5.97 Å². The highest BCUT2D eigenvalue weighted by molar-refractivity contribution is 6.00. The zero-order valence-corrected chi connectivity index (χ0v) is 18.2. The van der Waals surface area contributed by atoms with E-state index in [1.165, 1.54) is 19.2 Å². The van der Waals surface area contributed by atoms with Crippen molar-refractivity contribution in [2.24, 2.45) is 0 Å². The second-order valence-corrected chi connectivity index (χ2v) is 7.41. The summed E-state index contributed by atoms with van der Waals surface area (Å²) in [5, 5.41) is 4.35. The molecule has 0 bridgehead atoms. The van der Waals surface area contributed by atoms with Crippen LogP contribution in [-0.2, 0) is 11.3 Å². The molecule has 158 valence electrons. The Morgan fingerprint density at radius 1 is 1.23 bits per heavy atom. The summed E-state index contributed by atoms with van der Waals surface area (Å²) in [4.78, 5) is 19.6. The lowest BCUT2D eigenvalue weighted by atomic mass is 9.90. The molecule has 0 spiro atoms. The largest absolute Gasteiger partial charge is 0.465 e. The van der Waals surface area contributed by atoms with Gasteiger partial charge in [0, 0.05) is 30.8 Å². The highest BCUT2D eigenvalue weighted by atomic mass is 19.1. The van der Waals surface area contributed by atoms with E-state index in [1.54, 1.807) is 18.3 Å². The van der Waals surface area contributed by atoms with Crippen LogP contribution in [0.2, 0.25) is 0 Å². The lowest BCUT2D eigenvalue weighted by Gasteiger charge is -2.26. The highest BCUT2D eigenvalue weighted by Crippen LogP contribution is 2.38. The summed E-state index contributed by atoms with van der Waals surface area (Å²) in [7, 11) is 3.28. The second kappa shape index (κ2) is 8.65. The molecule has 0 atom stereocenters. The fourth-order valence-electron chi connectivity index (χ4n) is 3.67. The number of pyridine rings is 1.